The van der Waals surface area contributed by atoms with Crippen molar-refractivity contribution in [1.82, 2.24) is 10.2 Å². The number of hydrogen-bond donors (Lipinski definition) is 1. The van der Waals surface area contributed by atoms with Crippen molar-refractivity contribution in [3.8, 4) is 0 Å². The molecule has 0 aliphatic rings. The second-order valence-corrected chi connectivity index (χ2v) is 6.25. The first kappa shape index (κ1) is 9.25. The zero-order valence-electron chi connectivity index (χ0n) is 7.33. The van der Waals surface area contributed by atoms with Crippen LogP contribution in [0.4, 0.5) is 0 Å². The highest BCUT2D eigenvalue weighted by atomic mass is 32.2. The molecule has 0 atom stereocenters. The lowest BCUT2D eigenvalue weighted by Crippen LogP contribution is -2.27. The Morgan fingerprint density at radius 3 is 2.33 bits per heavy atom. The minimum absolute atomic E-state index is 0.245. The van der Waals surface area contributed by atoms with Gasteiger partial charge in [-0.2, -0.15) is 5.10 Å². The topological polar surface area (TPSA) is 62.8 Å². The molecule has 1 N–H and O–H groups in total. The number of aromatic amines is 1. The summed E-state index contributed by atoms with van der Waals surface area (Å²) in [5.41, 5.74) is 0. The molecule has 0 radical (unpaired) electrons. The van der Waals surface area contributed by atoms with Crippen molar-refractivity contribution in [3.05, 3.63) is 12.4 Å². The molecular formula is C7H12N2O2S. The quantitative estimate of drug-likeness (QED) is 0.714. The van der Waals surface area contributed by atoms with Crippen molar-refractivity contribution in [2.45, 2.75) is 30.4 Å². The van der Waals surface area contributed by atoms with Crippen molar-refractivity contribution < 1.29 is 8.42 Å². The lowest BCUT2D eigenvalue weighted by atomic mass is 10.3. The zero-order valence-corrected chi connectivity index (χ0v) is 8.14. The molecule has 0 unspecified atom stereocenters. The zero-order chi connectivity index (χ0) is 9.41. The Morgan fingerprint density at radius 1 is 1.42 bits per heavy atom. The van der Waals surface area contributed by atoms with Crippen LogP contribution in [0.5, 0.6) is 0 Å². The predicted octanol–water partition coefficient (Wildman–Crippen LogP) is 0.982. The van der Waals surface area contributed by atoms with E-state index >= 15 is 0 Å². The first-order valence-corrected chi connectivity index (χ1v) is 5.07. The van der Waals surface area contributed by atoms with Crippen molar-refractivity contribution in [2.24, 2.45) is 0 Å². The Morgan fingerprint density at radius 2 is 2.00 bits per heavy atom. The molecule has 1 aromatic rings. The molecule has 1 heterocycles. The molecule has 0 bridgehead atoms. The molecule has 0 fully saturated rings. The van der Waals surface area contributed by atoms with Crippen LogP contribution in [0.25, 0.3) is 0 Å². The fourth-order valence-electron chi connectivity index (χ4n) is 0.740. The standard InChI is InChI=1S/C7H12N2O2S/c1-7(2,3)12(10,11)6-4-8-9-5-6/h4-5H,1-3H3,(H,8,9). The highest BCUT2D eigenvalue weighted by Gasteiger charge is 2.31. The Hall–Kier alpha value is -0.840. The minimum atomic E-state index is -3.23. The summed E-state index contributed by atoms with van der Waals surface area (Å²) in [5.74, 6) is 0. The molecule has 12 heavy (non-hydrogen) atoms. The van der Waals surface area contributed by atoms with E-state index in [1.54, 1.807) is 20.8 Å². The molecule has 0 amide bonds. The van der Waals surface area contributed by atoms with Gasteiger partial charge in [0.05, 0.1) is 10.9 Å². The van der Waals surface area contributed by atoms with Gasteiger partial charge in [0.25, 0.3) is 0 Å². The van der Waals surface area contributed by atoms with Gasteiger partial charge >= 0.3 is 0 Å². The lowest BCUT2D eigenvalue weighted by molar-refractivity contribution is 0.560. The number of nitrogens with one attached hydrogen (secondary N) is 1. The Kier molecular flexibility index (Phi) is 1.99. The second-order valence-electron chi connectivity index (χ2n) is 3.55. The van der Waals surface area contributed by atoms with Gasteiger partial charge in [-0.1, -0.05) is 0 Å². The molecule has 5 heteroatoms. The van der Waals surface area contributed by atoms with E-state index in [9.17, 15) is 8.42 Å². The second kappa shape index (κ2) is 2.58. The van der Waals surface area contributed by atoms with Gasteiger partial charge in [0.2, 0.25) is 0 Å². The van der Waals surface area contributed by atoms with Gasteiger partial charge in [0, 0.05) is 6.20 Å². The molecule has 1 rings (SSSR count). The summed E-state index contributed by atoms with van der Waals surface area (Å²) in [4.78, 5) is 0.245. The van der Waals surface area contributed by atoms with E-state index in [2.05, 4.69) is 10.2 Å². The van der Waals surface area contributed by atoms with Crippen LogP contribution < -0.4 is 0 Å². The van der Waals surface area contributed by atoms with Crippen molar-refractivity contribution in [1.29, 1.82) is 0 Å². The Balaban J connectivity index is 3.22. The van der Waals surface area contributed by atoms with E-state index in [1.807, 2.05) is 0 Å². The Labute approximate surface area is 71.9 Å². The van der Waals surface area contributed by atoms with Gasteiger partial charge in [-0.3, -0.25) is 5.10 Å². The Bertz CT molecular complexity index is 345. The smallest absolute Gasteiger partial charge is 0.186 e. The average Bonchev–Trinajstić information content (AvgIpc) is 2.34. The van der Waals surface area contributed by atoms with E-state index in [4.69, 9.17) is 0 Å². The number of hydrogen-bond acceptors (Lipinski definition) is 3. The van der Waals surface area contributed by atoms with Gasteiger partial charge in [-0.15, -0.1) is 0 Å². The van der Waals surface area contributed by atoms with E-state index in [0.717, 1.165) is 0 Å². The van der Waals surface area contributed by atoms with Crippen LogP contribution in [-0.4, -0.2) is 23.4 Å². The molecular weight excluding hydrogens is 176 g/mol. The average molecular weight is 188 g/mol. The first-order valence-electron chi connectivity index (χ1n) is 3.59. The van der Waals surface area contributed by atoms with Crippen LogP contribution in [0.2, 0.25) is 0 Å². The monoisotopic (exact) mass is 188 g/mol. The molecule has 0 aliphatic heterocycles. The third-order valence-electron chi connectivity index (χ3n) is 1.59. The fraction of sp³-hybridized carbons (Fsp3) is 0.571. The van der Waals surface area contributed by atoms with E-state index in [0.29, 0.717) is 0 Å². The lowest BCUT2D eigenvalue weighted by Gasteiger charge is -2.17. The first-order chi connectivity index (χ1) is 5.36. The molecule has 0 spiro atoms. The van der Waals surface area contributed by atoms with Crippen LogP contribution in [-0.2, 0) is 9.84 Å². The maximum absolute atomic E-state index is 11.7. The summed E-state index contributed by atoms with van der Waals surface area (Å²) in [7, 11) is -3.23. The van der Waals surface area contributed by atoms with Gasteiger partial charge in [-0.05, 0) is 20.8 Å². The van der Waals surface area contributed by atoms with Crippen molar-refractivity contribution in [2.75, 3.05) is 0 Å². The molecule has 0 aliphatic carbocycles. The summed E-state index contributed by atoms with van der Waals surface area (Å²) in [6, 6.07) is 0. The molecule has 0 aromatic carbocycles. The fourth-order valence-corrected chi connectivity index (χ4v) is 1.85. The predicted molar refractivity (Wildman–Crippen MR) is 45.5 cm³/mol. The van der Waals surface area contributed by atoms with Gasteiger partial charge in [0.1, 0.15) is 4.90 Å². The normalized spacial score (nSPS) is 13.2. The largest absolute Gasteiger partial charge is 0.284 e. The van der Waals surface area contributed by atoms with E-state index < -0.39 is 14.6 Å². The summed E-state index contributed by atoms with van der Waals surface area (Å²) < 4.78 is 22.5. The number of sulfone groups is 1. The van der Waals surface area contributed by atoms with Gasteiger partial charge in [0.15, 0.2) is 9.84 Å². The van der Waals surface area contributed by atoms with Crippen molar-refractivity contribution >= 4 is 9.84 Å². The molecule has 68 valence electrons. The van der Waals surface area contributed by atoms with E-state index in [1.165, 1.54) is 12.4 Å². The number of nitrogens with zero attached hydrogens (tertiary/aromatic N) is 1. The molecule has 4 nitrogen and oxygen atoms in total. The SMILES string of the molecule is CC(C)(C)S(=O)(=O)c1cn[nH]c1. The van der Waals surface area contributed by atoms with Gasteiger partial charge < -0.3 is 0 Å². The minimum Gasteiger partial charge on any atom is -0.284 e. The number of H-pyrrole nitrogens is 1. The number of rotatable bonds is 1. The van der Waals surface area contributed by atoms with Crippen LogP contribution in [0.1, 0.15) is 20.8 Å². The number of aromatic nitrogens is 2. The third kappa shape index (κ3) is 1.36. The summed E-state index contributed by atoms with van der Waals surface area (Å²) in [6.07, 6.45) is 2.71. The highest BCUT2D eigenvalue weighted by molar-refractivity contribution is 7.92. The maximum Gasteiger partial charge on any atom is 0.186 e. The summed E-state index contributed by atoms with van der Waals surface area (Å²) >= 11 is 0. The van der Waals surface area contributed by atoms with Crippen molar-refractivity contribution in [3.63, 3.8) is 0 Å². The highest BCUT2D eigenvalue weighted by Crippen LogP contribution is 2.23. The van der Waals surface area contributed by atoms with Crippen LogP contribution in [0.15, 0.2) is 17.3 Å². The molecule has 0 saturated heterocycles. The van der Waals surface area contributed by atoms with Gasteiger partial charge in [-0.25, -0.2) is 8.42 Å². The van der Waals surface area contributed by atoms with Crippen LogP contribution >= 0.6 is 0 Å². The summed E-state index contributed by atoms with van der Waals surface area (Å²) in [6.45, 7) is 4.99. The maximum atomic E-state index is 11.7. The van der Waals surface area contributed by atoms with E-state index in [-0.39, 0.29) is 4.90 Å². The molecule has 0 saturated carbocycles. The third-order valence-corrected chi connectivity index (χ3v) is 4.05. The summed E-state index contributed by atoms with van der Waals surface area (Å²) in [5, 5.41) is 6.08. The molecule has 1 aromatic heterocycles. The van der Waals surface area contributed by atoms with Crippen LogP contribution in [0.3, 0.4) is 0 Å². The van der Waals surface area contributed by atoms with Crippen LogP contribution in [0, 0.1) is 0 Å².